The smallest absolute Gasteiger partial charge is 0.214 e. The van der Waals surface area contributed by atoms with Gasteiger partial charge >= 0.3 is 0 Å². The third kappa shape index (κ3) is 3.46. The van der Waals surface area contributed by atoms with Crippen molar-refractivity contribution in [2.45, 2.75) is 0 Å². The van der Waals surface area contributed by atoms with Crippen LogP contribution < -0.4 is 0 Å². The van der Waals surface area contributed by atoms with Crippen LogP contribution in [-0.4, -0.2) is 13.7 Å². The summed E-state index contributed by atoms with van der Waals surface area (Å²) in [6.45, 7) is 8.73. The number of aromatic nitrogens is 3. The molecule has 0 amide bonds. The summed E-state index contributed by atoms with van der Waals surface area (Å²) in [6.07, 6.45) is 0. The number of hydrogen-bond acceptors (Lipinski definition) is 0. The van der Waals surface area contributed by atoms with Crippen molar-refractivity contribution in [1.29, 1.82) is 0 Å². The van der Waals surface area contributed by atoms with Gasteiger partial charge in [-0.2, -0.15) is 0 Å². The molecule has 0 N–H and O–H groups in total. The minimum atomic E-state index is 0.598. The standard InChI is InChI=1S/C43H26N4/c1-44-34-27-40-41(33-21-9-14-26-39(33)45(40)28-15-3-2-4-16-28)43(47-37-24-12-7-19-31(37)32-20-8-13-25-38(32)47)42(34)46-35-22-10-5-17-29(35)30-18-6-11-23-36(30)46/h2-27H. The Hall–Kier alpha value is -6.57. The molecule has 3 aromatic heterocycles. The van der Waals surface area contributed by atoms with Gasteiger partial charge in [0.25, 0.3) is 0 Å². The average molecular weight is 599 g/mol. The van der Waals surface area contributed by atoms with Gasteiger partial charge in [0.05, 0.1) is 45.5 Å². The molecule has 47 heavy (non-hydrogen) atoms. The van der Waals surface area contributed by atoms with Gasteiger partial charge in [0, 0.05) is 43.5 Å². The Morgan fingerprint density at radius 1 is 0.362 bits per heavy atom. The number of para-hydroxylation sites is 6. The van der Waals surface area contributed by atoms with E-state index in [1.165, 1.54) is 21.5 Å². The Kier molecular flexibility index (Phi) is 5.32. The van der Waals surface area contributed by atoms with Gasteiger partial charge in [-0.05, 0) is 48.5 Å². The molecule has 0 unspecified atom stereocenters. The van der Waals surface area contributed by atoms with E-state index in [-0.39, 0.29) is 0 Å². The lowest BCUT2D eigenvalue weighted by Gasteiger charge is -2.20. The summed E-state index contributed by atoms with van der Waals surface area (Å²) in [7, 11) is 0. The highest BCUT2D eigenvalue weighted by Gasteiger charge is 2.27. The number of benzene rings is 7. The maximum atomic E-state index is 8.73. The molecule has 218 valence electrons. The molecule has 0 bridgehead atoms. The molecule has 0 aliphatic carbocycles. The van der Waals surface area contributed by atoms with Crippen molar-refractivity contribution in [3.8, 4) is 17.1 Å². The Balaban J connectivity index is 1.54. The normalized spacial score (nSPS) is 11.8. The fraction of sp³-hybridized carbons (Fsp3) is 0. The first-order valence-corrected chi connectivity index (χ1v) is 15.8. The fourth-order valence-electron chi connectivity index (χ4n) is 7.79. The molecule has 4 nitrogen and oxygen atoms in total. The highest BCUT2D eigenvalue weighted by atomic mass is 15.1. The van der Waals surface area contributed by atoms with Crippen LogP contribution in [0.5, 0.6) is 0 Å². The van der Waals surface area contributed by atoms with Gasteiger partial charge in [0.15, 0.2) is 0 Å². The summed E-state index contributed by atoms with van der Waals surface area (Å²) >= 11 is 0. The maximum Gasteiger partial charge on any atom is 0.214 e. The molecule has 0 radical (unpaired) electrons. The third-order valence-electron chi connectivity index (χ3n) is 9.63. The first-order valence-electron chi connectivity index (χ1n) is 15.8. The van der Waals surface area contributed by atoms with Crippen molar-refractivity contribution in [2.24, 2.45) is 0 Å². The molecule has 3 heterocycles. The van der Waals surface area contributed by atoms with E-state index >= 15 is 0 Å². The Morgan fingerprint density at radius 2 is 0.745 bits per heavy atom. The summed E-state index contributed by atoms with van der Waals surface area (Å²) in [5.41, 5.74) is 10.0. The molecule has 10 aromatic rings. The Labute approximate surface area is 270 Å². The molecule has 0 saturated carbocycles. The zero-order chi connectivity index (χ0) is 31.1. The summed E-state index contributed by atoms with van der Waals surface area (Å²) in [4.78, 5) is 4.33. The van der Waals surface area contributed by atoms with Crippen LogP contribution >= 0.6 is 0 Å². The number of nitrogens with zero attached hydrogens (tertiary/aromatic N) is 4. The quantitative estimate of drug-likeness (QED) is 0.180. The van der Waals surface area contributed by atoms with Crippen LogP contribution in [0, 0.1) is 6.57 Å². The van der Waals surface area contributed by atoms with Crippen LogP contribution in [0.2, 0.25) is 0 Å². The van der Waals surface area contributed by atoms with E-state index in [4.69, 9.17) is 6.57 Å². The van der Waals surface area contributed by atoms with E-state index in [9.17, 15) is 0 Å². The second-order valence-electron chi connectivity index (χ2n) is 12.0. The minimum Gasteiger partial charge on any atom is -0.317 e. The molecule has 0 aliphatic heterocycles. The monoisotopic (exact) mass is 598 g/mol. The van der Waals surface area contributed by atoms with Crippen LogP contribution in [0.25, 0.3) is 87.3 Å². The van der Waals surface area contributed by atoms with Gasteiger partial charge < -0.3 is 13.7 Å². The van der Waals surface area contributed by atoms with Crippen molar-refractivity contribution >= 4 is 71.1 Å². The summed E-state index contributed by atoms with van der Waals surface area (Å²) < 4.78 is 7.04. The van der Waals surface area contributed by atoms with Gasteiger partial charge in [0.2, 0.25) is 5.69 Å². The van der Waals surface area contributed by atoms with E-state index in [1.807, 2.05) is 6.07 Å². The van der Waals surface area contributed by atoms with Gasteiger partial charge in [-0.25, -0.2) is 4.85 Å². The van der Waals surface area contributed by atoms with E-state index in [0.717, 1.165) is 60.9 Å². The maximum absolute atomic E-state index is 8.73. The van der Waals surface area contributed by atoms with Crippen LogP contribution in [0.15, 0.2) is 158 Å². The van der Waals surface area contributed by atoms with E-state index < -0.39 is 0 Å². The molecule has 7 aromatic carbocycles. The fourth-order valence-corrected chi connectivity index (χ4v) is 7.79. The lowest BCUT2D eigenvalue weighted by Crippen LogP contribution is -2.05. The van der Waals surface area contributed by atoms with Gasteiger partial charge in [0.1, 0.15) is 0 Å². The van der Waals surface area contributed by atoms with Gasteiger partial charge in [-0.15, -0.1) is 0 Å². The zero-order valence-corrected chi connectivity index (χ0v) is 25.3. The zero-order valence-electron chi connectivity index (χ0n) is 25.3. The average Bonchev–Trinajstić information content (AvgIpc) is 3.77. The highest BCUT2D eigenvalue weighted by Crippen LogP contribution is 2.48. The van der Waals surface area contributed by atoms with Gasteiger partial charge in [-0.1, -0.05) is 109 Å². The van der Waals surface area contributed by atoms with Crippen LogP contribution in [0.1, 0.15) is 0 Å². The van der Waals surface area contributed by atoms with E-state index in [1.54, 1.807) is 0 Å². The number of fused-ring (bicyclic) bond motifs is 9. The lowest BCUT2D eigenvalue weighted by molar-refractivity contribution is 1.11. The van der Waals surface area contributed by atoms with Crippen LogP contribution in [0.3, 0.4) is 0 Å². The molecule has 0 atom stereocenters. The topological polar surface area (TPSA) is 19.1 Å². The Bertz CT molecular complexity index is 2810. The predicted molar refractivity (Wildman–Crippen MR) is 196 cm³/mol. The van der Waals surface area contributed by atoms with Crippen LogP contribution in [-0.2, 0) is 0 Å². The molecule has 4 heteroatoms. The first kappa shape index (κ1) is 25.7. The molecule has 0 saturated heterocycles. The van der Waals surface area contributed by atoms with Crippen molar-refractivity contribution in [1.82, 2.24) is 13.7 Å². The molecular weight excluding hydrogens is 573 g/mol. The largest absolute Gasteiger partial charge is 0.317 e. The highest BCUT2D eigenvalue weighted by molar-refractivity contribution is 6.20. The lowest BCUT2D eigenvalue weighted by atomic mass is 10.1. The summed E-state index contributed by atoms with van der Waals surface area (Å²) in [6, 6.07) is 55.6. The molecule has 0 aliphatic rings. The summed E-state index contributed by atoms with van der Waals surface area (Å²) in [5, 5.41) is 6.95. The van der Waals surface area contributed by atoms with Gasteiger partial charge in [-0.3, -0.25) is 0 Å². The van der Waals surface area contributed by atoms with Crippen molar-refractivity contribution in [2.75, 3.05) is 0 Å². The second kappa shape index (κ2) is 9.71. The van der Waals surface area contributed by atoms with Crippen molar-refractivity contribution in [3.05, 3.63) is 169 Å². The minimum absolute atomic E-state index is 0.598. The number of hydrogen-bond donors (Lipinski definition) is 0. The molecule has 10 rings (SSSR count). The molecule has 0 fully saturated rings. The van der Waals surface area contributed by atoms with E-state index in [0.29, 0.717) is 5.69 Å². The molecule has 0 spiro atoms. The SMILES string of the molecule is [C-]#[N+]c1cc2c(c(-n3c4ccccc4c4ccccc43)c1-n1c3ccccc3c3ccccc31)c1ccccc1n2-c1ccccc1. The van der Waals surface area contributed by atoms with Crippen molar-refractivity contribution < 1.29 is 0 Å². The van der Waals surface area contributed by atoms with E-state index in [2.05, 4.69) is 170 Å². The third-order valence-corrected chi connectivity index (χ3v) is 9.63. The molecular formula is C43H26N4. The predicted octanol–water partition coefficient (Wildman–Crippen LogP) is 11.5. The number of rotatable bonds is 3. The Morgan fingerprint density at radius 3 is 1.21 bits per heavy atom. The summed E-state index contributed by atoms with van der Waals surface area (Å²) in [5.74, 6) is 0. The first-order chi connectivity index (χ1) is 23.3. The van der Waals surface area contributed by atoms with Crippen molar-refractivity contribution in [3.63, 3.8) is 0 Å². The second-order valence-corrected chi connectivity index (χ2v) is 12.0. The van der Waals surface area contributed by atoms with Crippen LogP contribution in [0.4, 0.5) is 5.69 Å².